The summed E-state index contributed by atoms with van der Waals surface area (Å²) in [4.78, 5) is 38.8. The maximum atomic E-state index is 12.9. The molecule has 194 valence electrons. The van der Waals surface area contributed by atoms with Crippen molar-refractivity contribution in [1.29, 1.82) is 0 Å². The van der Waals surface area contributed by atoms with Crippen molar-refractivity contribution in [2.45, 2.75) is 39.5 Å². The second-order valence-corrected chi connectivity index (χ2v) is 9.13. The van der Waals surface area contributed by atoms with Gasteiger partial charge in [-0.3, -0.25) is 14.5 Å². The predicted molar refractivity (Wildman–Crippen MR) is 145 cm³/mol. The Kier molecular flexibility index (Phi) is 8.38. The van der Waals surface area contributed by atoms with E-state index in [1.54, 1.807) is 13.8 Å². The number of esters is 1. The lowest BCUT2D eigenvalue weighted by atomic mass is 9.91. The quantitative estimate of drug-likeness (QED) is 0.209. The molecule has 2 amide bonds. The van der Waals surface area contributed by atoms with E-state index in [1.807, 2.05) is 97.1 Å². The van der Waals surface area contributed by atoms with E-state index in [4.69, 9.17) is 9.47 Å². The fraction of sp³-hybridized carbons (Fsp3) is 0.194. The van der Waals surface area contributed by atoms with E-state index in [-0.39, 0.29) is 24.1 Å². The summed E-state index contributed by atoms with van der Waals surface area (Å²) in [5.74, 6) is 0.749. The number of ether oxygens (including phenoxy) is 2. The maximum absolute atomic E-state index is 12.9. The Morgan fingerprint density at radius 1 is 0.921 bits per heavy atom. The highest BCUT2D eigenvalue weighted by molar-refractivity contribution is 6.02. The molecule has 1 saturated heterocycles. The molecule has 2 unspecified atom stereocenters. The van der Waals surface area contributed by atoms with Crippen LogP contribution in [-0.4, -0.2) is 34.8 Å². The average molecular weight is 511 g/mol. The number of hydrogen-bond donors (Lipinski definition) is 1. The number of rotatable bonds is 7. The van der Waals surface area contributed by atoms with Crippen LogP contribution in [0.1, 0.15) is 31.9 Å². The summed E-state index contributed by atoms with van der Waals surface area (Å²) in [5, 5.41) is 2.68. The smallest absolute Gasteiger partial charge is 0.355 e. The zero-order valence-corrected chi connectivity index (χ0v) is 21.6. The van der Waals surface area contributed by atoms with Crippen molar-refractivity contribution in [1.82, 2.24) is 10.2 Å². The van der Waals surface area contributed by atoms with E-state index in [0.29, 0.717) is 5.57 Å². The van der Waals surface area contributed by atoms with Gasteiger partial charge in [-0.2, -0.15) is 0 Å². The van der Waals surface area contributed by atoms with Gasteiger partial charge in [0.15, 0.2) is 0 Å². The van der Waals surface area contributed by atoms with Gasteiger partial charge in [-0.05, 0) is 42.7 Å². The molecule has 38 heavy (non-hydrogen) atoms. The molecular weight excluding hydrogens is 480 g/mol. The molecule has 1 fully saturated rings. The molecular formula is C31H30N2O5. The summed E-state index contributed by atoms with van der Waals surface area (Å²) in [7, 11) is 0. The topological polar surface area (TPSA) is 84.9 Å². The van der Waals surface area contributed by atoms with Crippen molar-refractivity contribution < 1.29 is 23.9 Å². The molecule has 3 aromatic carbocycles. The molecule has 1 N–H and O–H groups in total. The largest absolute Gasteiger partial charge is 0.457 e. The highest BCUT2D eigenvalue weighted by Gasteiger charge is 2.50. The lowest BCUT2D eigenvalue weighted by molar-refractivity contribution is -0.154. The van der Waals surface area contributed by atoms with Gasteiger partial charge < -0.3 is 14.8 Å². The summed E-state index contributed by atoms with van der Waals surface area (Å²) in [5.41, 5.74) is 2.67. The number of fused-ring (bicyclic) bond motifs is 2. The van der Waals surface area contributed by atoms with Gasteiger partial charge in [0.1, 0.15) is 29.8 Å². The lowest BCUT2D eigenvalue weighted by Crippen LogP contribution is -2.70. The maximum Gasteiger partial charge on any atom is 0.355 e. The van der Waals surface area contributed by atoms with Gasteiger partial charge in [0.2, 0.25) is 5.91 Å². The highest BCUT2D eigenvalue weighted by atomic mass is 16.5. The average Bonchev–Trinajstić information content (AvgIpc) is 2.91. The van der Waals surface area contributed by atoms with Crippen LogP contribution in [0.4, 0.5) is 0 Å². The van der Waals surface area contributed by atoms with Crippen LogP contribution in [0.2, 0.25) is 0 Å². The van der Waals surface area contributed by atoms with Gasteiger partial charge in [0.25, 0.3) is 5.91 Å². The first kappa shape index (κ1) is 26.4. The Balaban J connectivity index is 0.000000408. The number of nitrogens with zero attached hydrogens (tertiary/aromatic N) is 1. The number of carbonyl (C=O) groups excluding carboxylic acids is 3. The third kappa shape index (κ3) is 6.37. The second-order valence-electron chi connectivity index (χ2n) is 9.13. The molecule has 2 atom stereocenters. The summed E-state index contributed by atoms with van der Waals surface area (Å²) in [6.07, 6.45) is 3.70. The zero-order chi connectivity index (χ0) is 27.1. The second kappa shape index (κ2) is 12.1. The Bertz CT molecular complexity index is 1340. The minimum Gasteiger partial charge on any atom is -0.457 e. The molecule has 7 nitrogen and oxygen atoms in total. The predicted octanol–water partition coefficient (Wildman–Crippen LogP) is 5.24. The molecule has 2 bridgehead atoms. The van der Waals surface area contributed by atoms with Crippen molar-refractivity contribution in [2.75, 3.05) is 0 Å². The lowest BCUT2D eigenvalue weighted by Gasteiger charge is -2.46. The number of benzene rings is 3. The van der Waals surface area contributed by atoms with Crippen LogP contribution in [0, 0.1) is 0 Å². The van der Waals surface area contributed by atoms with Crippen molar-refractivity contribution in [3.05, 3.63) is 113 Å². The van der Waals surface area contributed by atoms with Crippen LogP contribution in [0.3, 0.4) is 0 Å². The summed E-state index contributed by atoms with van der Waals surface area (Å²) < 4.78 is 10.5. The minimum absolute atomic E-state index is 0.109. The van der Waals surface area contributed by atoms with Gasteiger partial charge >= 0.3 is 5.97 Å². The number of likely N-dealkylation sites (tertiary alicyclic amines) is 1. The van der Waals surface area contributed by atoms with Gasteiger partial charge in [0.05, 0.1) is 6.04 Å². The standard InChI is InChI=1S/C25H26N2O4.C6H4O/c1-17(2)23(25(30)31-16-20-12-8-5-9-13-20)27-21(22(24(27)29)26-18(3)28)15-14-19-10-6-4-7-11-19;1-2-5-4-6(3-1)7-5/h4-15,21-22H,16H2,1-3H3,(H,26,28);1-4H. The van der Waals surface area contributed by atoms with Crippen LogP contribution in [0.15, 0.2) is 102 Å². The number of β-lactam (4-membered cyclic amide) rings is 1. The van der Waals surface area contributed by atoms with Crippen molar-refractivity contribution in [2.24, 2.45) is 0 Å². The Hall–Kier alpha value is -4.65. The van der Waals surface area contributed by atoms with E-state index >= 15 is 0 Å². The van der Waals surface area contributed by atoms with Crippen molar-refractivity contribution in [3.8, 4) is 11.5 Å². The number of carbonyl (C=O) groups is 3. The molecule has 0 aromatic heterocycles. The van der Waals surface area contributed by atoms with Crippen molar-refractivity contribution >= 4 is 23.9 Å². The van der Waals surface area contributed by atoms with Crippen LogP contribution in [0.25, 0.3) is 6.08 Å². The molecule has 3 heterocycles. The third-order valence-electron chi connectivity index (χ3n) is 5.95. The Labute approximate surface area is 222 Å². The molecule has 0 aliphatic carbocycles. The number of hydrogen-bond acceptors (Lipinski definition) is 5. The van der Waals surface area contributed by atoms with Crippen LogP contribution < -0.4 is 10.1 Å². The number of nitrogens with one attached hydrogen (secondary N) is 1. The molecule has 7 heteroatoms. The summed E-state index contributed by atoms with van der Waals surface area (Å²) in [6.45, 7) is 4.99. The van der Waals surface area contributed by atoms with Gasteiger partial charge in [-0.25, -0.2) is 4.79 Å². The highest BCUT2D eigenvalue weighted by Crippen LogP contribution is 2.33. The summed E-state index contributed by atoms with van der Waals surface area (Å²) >= 11 is 0. The molecule has 3 aromatic rings. The molecule has 0 spiro atoms. The molecule has 6 rings (SSSR count). The normalized spacial score (nSPS) is 16.7. The van der Waals surface area contributed by atoms with E-state index < -0.39 is 18.1 Å². The van der Waals surface area contributed by atoms with Crippen molar-refractivity contribution in [3.63, 3.8) is 0 Å². The molecule has 3 aliphatic heterocycles. The Morgan fingerprint density at radius 2 is 1.53 bits per heavy atom. The van der Waals surface area contributed by atoms with E-state index in [9.17, 15) is 14.4 Å². The van der Waals surface area contributed by atoms with Gasteiger partial charge in [0, 0.05) is 13.0 Å². The summed E-state index contributed by atoms with van der Waals surface area (Å²) in [6, 6.07) is 25.6. The SMILES string of the molecule is CC(=O)NC1C(=O)N(C(C(=O)OCc2ccccc2)=C(C)C)C1C=Cc1ccccc1.c1cc2cc(c1)O2. The molecule has 0 radical (unpaired) electrons. The van der Waals surface area contributed by atoms with E-state index in [1.165, 1.54) is 11.8 Å². The molecule has 3 aliphatic rings. The fourth-order valence-corrected chi connectivity index (χ4v) is 4.12. The monoisotopic (exact) mass is 510 g/mol. The molecule has 0 saturated carbocycles. The van der Waals surface area contributed by atoms with Gasteiger partial charge in [-0.15, -0.1) is 0 Å². The van der Waals surface area contributed by atoms with Crippen LogP contribution >= 0.6 is 0 Å². The first-order valence-electron chi connectivity index (χ1n) is 12.3. The van der Waals surface area contributed by atoms with Crippen LogP contribution in [0.5, 0.6) is 11.5 Å². The first-order chi connectivity index (χ1) is 18.3. The van der Waals surface area contributed by atoms with Crippen LogP contribution in [-0.2, 0) is 25.7 Å². The fourth-order valence-electron chi connectivity index (χ4n) is 4.12. The zero-order valence-electron chi connectivity index (χ0n) is 21.6. The van der Waals surface area contributed by atoms with E-state index in [2.05, 4.69) is 5.32 Å². The Morgan fingerprint density at radius 3 is 2.03 bits per heavy atom. The number of amides is 2. The van der Waals surface area contributed by atoms with Gasteiger partial charge in [-0.1, -0.05) is 78.9 Å². The van der Waals surface area contributed by atoms with E-state index in [0.717, 1.165) is 22.6 Å². The number of allylic oxidation sites excluding steroid dienone is 1. The minimum atomic E-state index is -0.728. The first-order valence-corrected chi connectivity index (χ1v) is 12.3. The third-order valence-corrected chi connectivity index (χ3v) is 5.95.